The van der Waals surface area contributed by atoms with E-state index in [1.54, 1.807) is 12.1 Å². The Labute approximate surface area is 129 Å². The van der Waals surface area contributed by atoms with E-state index < -0.39 is 5.97 Å². The van der Waals surface area contributed by atoms with Crippen LogP contribution in [-0.2, 0) is 11.2 Å². The highest BCUT2D eigenvalue weighted by Gasteiger charge is 2.12. The number of amides is 1. The Balaban J connectivity index is 2.36. The molecule has 0 saturated carbocycles. The van der Waals surface area contributed by atoms with Crippen LogP contribution >= 0.6 is 0 Å². The monoisotopic (exact) mass is 297 g/mol. The molecule has 4 nitrogen and oxygen atoms in total. The van der Waals surface area contributed by atoms with E-state index in [2.05, 4.69) is 5.32 Å². The van der Waals surface area contributed by atoms with Crippen LogP contribution in [0.2, 0.25) is 0 Å². The van der Waals surface area contributed by atoms with Crippen LogP contribution in [-0.4, -0.2) is 23.5 Å². The van der Waals surface area contributed by atoms with Crippen molar-refractivity contribution in [3.05, 3.63) is 59.7 Å². The zero-order valence-corrected chi connectivity index (χ0v) is 12.5. The molecule has 0 bridgehead atoms. The first-order valence-electron chi connectivity index (χ1n) is 7.30. The average Bonchev–Trinajstić information content (AvgIpc) is 2.52. The number of rotatable bonds is 6. The van der Waals surface area contributed by atoms with E-state index in [1.165, 1.54) is 0 Å². The molecule has 0 spiro atoms. The second kappa shape index (κ2) is 7.41. The summed E-state index contributed by atoms with van der Waals surface area (Å²) in [7, 11) is 0. The van der Waals surface area contributed by atoms with Gasteiger partial charge in [-0.1, -0.05) is 49.4 Å². The predicted molar refractivity (Wildman–Crippen MR) is 85.8 cm³/mol. The highest BCUT2D eigenvalue weighted by Crippen LogP contribution is 2.24. The largest absolute Gasteiger partial charge is 0.481 e. The molecule has 1 amide bonds. The Morgan fingerprint density at radius 1 is 1.09 bits per heavy atom. The lowest BCUT2D eigenvalue weighted by atomic mass is 9.97. The van der Waals surface area contributed by atoms with Crippen molar-refractivity contribution in [1.82, 2.24) is 5.32 Å². The molecular formula is C18H19NO3. The molecule has 0 aliphatic rings. The van der Waals surface area contributed by atoms with E-state index in [1.807, 2.05) is 43.3 Å². The number of carbonyl (C=O) groups is 2. The number of hydrogen-bond donors (Lipinski definition) is 2. The van der Waals surface area contributed by atoms with Crippen molar-refractivity contribution < 1.29 is 14.7 Å². The van der Waals surface area contributed by atoms with Crippen molar-refractivity contribution in [2.45, 2.75) is 19.8 Å². The molecule has 0 fully saturated rings. The minimum atomic E-state index is -0.869. The standard InChI is InChI=1S/C18H19NO3/c1-2-10-19-18(22)16-9-4-3-8-15(16)14-7-5-6-13(11-14)12-17(20)21/h3-9,11H,2,10,12H2,1H3,(H,19,22)(H,20,21). The fraction of sp³-hybridized carbons (Fsp3) is 0.222. The Hall–Kier alpha value is -2.62. The number of carboxylic acid groups (broad SMARTS) is 1. The lowest BCUT2D eigenvalue weighted by Crippen LogP contribution is -2.24. The summed E-state index contributed by atoms with van der Waals surface area (Å²) in [5.74, 6) is -0.979. The minimum absolute atomic E-state index is 0.0297. The van der Waals surface area contributed by atoms with Crippen LogP contribution < -0.4 is 5.32 Å². The maximum atomic E-state index is 12.3. The first kappa shape index (κ1) is 15.8. The molecule has 0 unspecified atom stereocenters. The molecule has 2 aromatic rings. The van der Waals surface area contributed by atoms with Gasteiger partial charge in [0.15, 0.2) is 0 Å². The Bertz CT molecular complexity index is 680. The van der Waals surface area contributed by atoms with Crippen LogP contribution in [0.5, 0.6) is 0 Å². The lowest BCUT2D eigenvalue weighted by molar-refractivity contribution is -0.136. The van der Waals surface area contributed by atoms with Gasteiger partial charge in [0, 0.05) is 12.1 Å². The van der Waals surface area contributed by atoms with Crippen LogP contribution in [0.1, 0.15) is 29.3 Å². The SMILES string of the molecule is CCCNC(=O)c1ccccc1-c1cccc(CC(=O)O)c1. The van der Waals surface area contributed by atoms with E-state index in [0.717, 1.165) is 17.5 Å². The van der Waals surface area contributed by atoms with Crippen LogP contribution in [0.4, 0.5) is 0 Å². The molecule has 0 aliphatic carbocycles. The Morgan fingerprint density at radius 3 is 2.59 bits per heavy atom. The summed E-state index contributed by atoms with van der Waals surface area (Å²) in [5.41, 5.74) is 2.97. The summed E-state index contributed by atoms with van der Waals surface area (Å²) in [4.78, 5) is 23.1. The van der Waals surface area contributed by atoms with Gasteiger partial charge in [-0.3, -0.25) is 9.59 Å². The second-order valence-corrected chi connectivity index (χ2v) is 5.07. The van der Waals surface area contributed by atoms with Gasteiger partial charge in [-0.15, -0.1) is 0 Å². The van der Waals surface area contributed by atoms with E-state index in [4.69, 9.17) is 5.11 Å². The van der Waals surface area contributed by atoms with Gasteiger partial charge in [-0.25, -0.2) is 0 Å². The van der Waals surface area contributed by atoms with Gasteiger partial charge in [0.1, 0.15) is 0 Å². The van der Waals surface area contributed by atoms with Gasteiger partial charge >= 0.3 is 5.97 Å². The van der Waals surface area contributed by atoms with E-state index >= 15 is 0 Å². The molecule has 2 aromatic carbocycles. The molecular weight excluding hydrogens is 278 g/mol. The molecule has 0 atom stereocenters. The normalized spacial score (nSPS) is 10.2. The van der Waals surface area contributed by atoms with Crippen molar-refractivity contribution >= 4 is 11.9 Å². The molecule has 0 heterocycles. The number of benzene rings is 2. The quantitative estimate of drug-likeness (QED) is 0.861. The molecule has 0 aromatic heterocycles. The molecule has 4 heteroatoms. The molecule has 114 valence electrons. The van der Waals surface area contributed by atoms with Gasteiger partial charge in [0.05, 0.1) is 6.42 Å². The maximum Gasteiger partial charge on any atom is 0.307 e. The van der Waals surface area contributed by atoms with Gasteiger partial charge in [0.25, 0.3) is 5.91 Å². The molecule has 2 N–H and O–H groups in total. The number of aliphatic carboxylic acids is 1. The van der Waals surface area contributed by atoms with Crippen molar-refractivity contribution in [1.29, 1.82) is 0 Å². The van der Waals surface area contributed by atoms with Gasteiger partial charge in [-0.05, 0) is 29.2 Å². The van der Waals surface area contributed by atoms with Gasteiger partial charge in [0.2, 0.25) is 0 Å². The summed E-state index contributed by atoms with van der Waals surface area (Å²) < 4.78 is 0. The summed E-state index contributed by atoms with van der Waals surface area (Å²) in [6.07, 6.45) is 0.847. The van der Waals surface area contributed by atoms with E-state index in [0.29, 0.717) is 17.7 Å². The highest BCUT2D eigenvalue weighted by molar-refractivity contribution is 6.00. The van der Waals surface area contributed by atoms with Crippen molar-refractivity contribution in [3.63, 3.8) is 0 Å². The summed E-state index contributed by atoms with van der Waals surface area (Å²) >= 11 is 0. The molecule has 0 aliphatic heterocycles. The fourth-order valence-electron chi connectivity index (χ4n) is 2.29. The topological polar surface area (TPSA) is 66.4 Å². The van der Waals surface area contributed by atoms with Crippen molar-refractivity contribution in [2.24, 2.45) is 0 Å². The van der Waals surface area contributed by atoms with Crippen LogP contribution in [0.25, 0.3) is 11.1 Å². The predicted octanol–water partition coefficient (Wildman–Crippen LogP) is 3.12. The third kappa shape index (κ3) is 3.95. The number of carboxylic acids is 1. The van der Waals surface area contributed by atoms with E-state index in [-0.39, 0.29) is 12.3 Å². The smallest absolute Gasteiger partial charge is 0.307 e. The number of hydrogen-bond acceptors (Lipinski definition) is 2. The first-order chi connectivity index (χ1) is 10.6. The number of nitrogens with one attached hydrogen (secondary N) is 1. The number of carbonyl (C=O) groups excluding carboxylic acids is 1. The zero-order valence-electron chi connectivity index (χ0n) is 12.5. The summed E-state index contributed by atoms with van der Waals surface area (Å²) in [6, 6.07) is 14.6. The van der Waals surface area contributed by atoms with Crippen LogP contribution in [0, 0.1) is 0 Å². The van der Waals surface area contributed by atoms with Crippen molar-refractivity contribution in [2.75, 3.05) is 6.54 Å². The van der Waals surface area contributed by atoms with Gasteiger partial charge < -0.3 is 10.4 Å². The minimum Gasteiger partial charge on any atom is -0.481 e. The Morgan fingerprint density at radius 2 is 1.86 bits per heavy atom. The maximum absolute atomic E-state index is 12.3. The highest BCUT2D eigenvalue weighted by atomic mass is 16.4. The van der Waals surface area contributed by atoms with Gasteiger partial charge in [-0.2, -0.15) is 0 Å². The average molecular weight is 297 g/mol. The lowest BCUT2D eigenvalue weighted by Gasteiger charge is -2.11. The third-order valence-corrected chi connectivity index (χ3v) is 3.30. The van der Waals surface area contributed by atoms with Crippen LogP contribution in [0.15, 0.2) is 48.5 Å². The van der Waals surface area contributed by atoms with E-state index in [9.17, 15) is 9.59 Å². The molecule has 2 rings (SSSR count). The molecule has 0 radical (unpaired) electrons. The molecule has 22 heavy (non-hydrogen) atoms. The first-order valence-corrected chi connectivity index (χ1v) is 7.30. The fourth-order valence-corrected chi connectivity index (χ4v) is 2.29. The zero-order chi connectivity index (χ0) is 15.9. The summed E-state index contributed by atoms with van der Waals surface area (Å²) in [6.45, 7) is 2.63. The summed E-state index contributed by atoms with van der Waals surface area (Å²) in [5, 5.41) is 11.8. The molecule has 0 saturated heterocycles. The van der Waals surface area contributed by atoms with Crippen molar-refractivity contribution in [3.8, 4) is 11.1 Å². The third-order valence-electron chi connectivity index (χ3n) is 3.30. The second-order valence-electron chi connectivity index (χ2n) is 5.07. The Kier molecular flexibility index (Phi) is 5.31. The van der Waals surface area contributed by atoms with Crippen LogP contribution in [0.3, 0.4) is 0 Å².